The van der Waals surface area contributed by atoms with Gasteiger partial charge in [0.05, 0.1) is 0 Å². The van der Waals surface area contributed by atoms with Crippen molar-refractivity contribution in [2.75, 3.05) is 6.54 Å². The van der Waals surface area contributed by atoms with Crippen molar-refractivity contribution in [2.45, 2.75) is 26.3 Å². The minimum Gasteiger partial charge on any atom is -0.464 e. The molecule has 2 aromatic rings. The third kappa shape index (κ3) is 2.73. The molecule has 4 heteroatoms. The molecular formula is C13H16ClNO2. The third-order valence-corrected chi connectivity index (χ3v) is 2.81. The number of hydrogen-bond acceptors (Lipinski definition) is 3. The zero-order chi connectivity index (χ0) is 12.3. The summed E-state index contributed by atoms with van der Waals surface area (Å²) in [4.78, 5) is 0. The van der Waals surface area contributed by atoms with E-state index < -0.39 is 0 Å². The Morgan fingerprint density at radius 2 is 1.82 bits per heavy atom. The molecule has 2 rings (SSSR count). The topological polar surface area (TPSA) is 38.3 Å². The maximum Gasteiger partial charge on any atom is 0.193 e. The van der Waals surface area contributed by atoms with Gasteiger partial charge in [-0.05, 0) is 42.4 Å². The molecule has 17 heavy (non-hydrogen) atoms. The minimum absolute atomic E-state index is 0.0761. The summed E-state index contributed by atoms with van der Waals surface area (Å²) in [5.74, 6) is 2.60. The number of rotatable bonds is 5. The molecule has 0 aliphatic carbocycles. The smallest absolute Gasteiger partial charge is 0.193 e. The molecule has 0 radical (unpaired) electrons. The molecule has 2 heterocycles. The normalized spacial score (nSPS) is 12.9. The van der Waals surface area contributed by atoms with Crippen LogP contribution in [-0.2, 0) is 6.42 Å². The second-order valence-corrected chi connectivity index (χ2v) is 4.16. The summed E-state index contributed by atoms with van der Waals surface area (Å²) in [7, 11) is 0. The Bertz CT molecular complexity index is 475. The molecule has 92 valence electrons. The maximum atomic E-state index is 5.80. The van der Waals surface area contributed by atoms with Crippen LogP contribution < -0.4 is 5.32 Å². The van der Waals surface area contributed by atoms with Gasteiger partial charge >= 0.3 is 0 Å². The fourth-order valence-electron chi connectivity index (χ4n) is 1.77. The van der Waals surface area contributed by atoms with Crippen LogP contribution in [0.1, 0.15) is 37.2 Å². The lowest BCUT2D eigenvalue weighted by molar-refractivity contribution is 0.381. The number of furan rings is 2. The van der Waals surface area contributed by atoms with Crippen LogP contribution in [0.15, 0.2) is 33.1 Å². The molecule has 0 bridgehead atoms. The van der Waals surface area contributed by atoms with Crippen molar-refractivity contribution in [3.05, 3.63) is 46.8 Å². The van der Waals surface area contributed by atoms with Gasteiger partial charge in [0.1, 0.15) is 23.3 Å². The van der Waals surface area contributed by atoms with E-state index in [0.29, 0.717) is 5.22 Å². The second kappa shape index (κ2) is 5.43. The van der Waals surface area contributed by atoms with Gasteiger partial charge in [-0.25, -0.2) is 0 Å². The summed E-state index contributed by atoms with van der Waals surface area (Å²) in [6.07, 6.45) is 0.887. The molecule has 3 nitrogen and oxygen atoms in total. The van der Waals surface area contributed by atoms with E-state index in [1.54, 1.807) is 6.07 Å². The SMILES string of the molecule is CCNC(c1ccc(Cl)o1)c1ccc(CC)o1. The van der Waals surface area contributed by atoms with Crippen molar-refractivity contribution < 1.29 is 8.83 Å². The molecule has 2 aromatic heterocycles. The third-order valence-electron chi connectivity index (χ3n) is 2.60. The van der Waals surface area contributed by atoms with Gasteiger partial charge in [0.15, 0.2) is 5.22 Å². The number of halogens is 1. The van der Waals surface area contributed by atoms with Gasteiger partial charge in [0, 0.05) is 6.42 Å². The van der Waals surface area contributed by atoms with E-state index in [-0.39, 0.29) is 6.04 Å². The van der Waals surface area contributed by atoms with Gasteiger partial charge in [0.2, 0.25) is 0 Å². The largest absolute Gasteiger partial charge is 0.464 e. The highest BCUT2D eigenvalue weighted by atomic mass is 35.5. The molecule has 0 spiro atoms. The highest BCUT2D eigenvalue weighted by molar-refractivity contribution is 6.28. The van der Waals surface area contributed by atoms with E-state index in [1.165, 1.54) is 0 Å². The second-order valence-electron chi connectivity index (χ2n) is 3.79. The fourth-order valence-corrected chi connectivity index (χ4v) is 1.92. The van der Waals surface area contributed by atoms with E-state index in [0.717, 1.165) is 30.2 Å². The van der Waals surface area contributed by atoms with Crippen molar-refractivity contribution >= 4 is 11.6 Å². The summed E-state index contributed by atoms with van der Waals surface area (Å²) in [5.41, 5.74) is 0. The summed E-state index contributed by atoms with van der Waals surface area (Å²) < 4.78 is 11.2. The molecule has 1 N–H and O–H groups in total. The van der Waals surface area contributed by atoms with Crippen LogP contribution in [0, 0.1) is 0 Å². The molecular weight excluding hydrogens is 238 g/mol. The van der Waals surface area contributed by atoms with Gasteiger partial charge in [-0.1, -0.05) is 13.8 Å². The van der Waals surface area contributed by atoms with Crippen LogP contribution in [0.25, 0.3) is 0 Å². The molecule has 0 aliphatic heterocycles. The molecule has 1 atom stereocenters. The molecule has 0 saturated heterocycles. The van der Waals surface area contributed by atoms with Gasteiger partial charge in [-0.15, -0.1) is 0 Å². The van der Waals surface area contributed by atoms with Crippen molar-refractivity contribution in [2.24, 2.45) is 0 Å². The Morgan fingerprint density at radius 3 is 2.35 bits per heavy atom. The quantitative estimate of drug-likeness (QED) is 0.881. The average Bonchev–Trinajstić information content (AvgIpc) is 2.94. The Kier molecular flexibility index (Phi) is 3.92. The summed E-state index contributed by atoms with van der Waals surface area (Å²) >= 11 is 5.80. The van der Waals surface area contributed by atoms with Crippen molar-refractivity contribution in [1.82, 2.24) is 5.32 Å². The molecule has 1 unspecified atom stereocenters. The molecule has 0 saturated carbocycles. The first-order chi connectivity index (χ1) is 8.24. The van der Waals surface area contributed by atoms with Crippen molar-refractivity contribution in [3.63, 3.8) is 0 Å². The standard InChI is InChI=1S/C13H16ClNO2/c1-3-9-5-6-10(16-9)13(15-4-2)11-7-8-12(14)17-11/h5-8,13,15H,3-4H2,1-2H3. The van der Waals surface area contributed by atoms with Crippen LogP contribution in [0.5, 0.6) is 0 Å². The summed E-state index contributed by atoms with van der Waals surface area (Å²) in [6, 6.07) is 7.49. The lowest BCUT2D eigenvalue weighted by Crippen LogP contribution is -2.20. The minimum atomic E-state index is -0.0761. The molecule has 0 fully saturated rings. The first-order valence-electron chi connectivity index (χ1n) is 5.81. The summed E-state index contributed by atoms with van der Waals surface area (Å²) in [5, 5.41) is 3.71. The number of nitrogens with one attached hydrogen (secondary N) is 1. The first kappa shape index (κ1) is 12.3. The highest BCUT2D eigenvalue weighted by Gasteiger charge is 2.20. The number of aryl methyl sites for hydroxylation is 1. The van der Waals surface area contributed by atoms with Crippen LogP contribution in [0.3, 0.4) is 0 Å². The fraction of sp³-hybridized carbons (Fsp3) is 0.385. The zero-order valence-corrected chi connectivity index (χ0v) is 10.8. The van der Waals surface area contributed by atoms with Gasteiger partial charge in [-0.2, -0.15) is 0 Å². The van der Waals surface area contributed by atoms with Crippen molar-refractivity contribution in [1.29, 1.82) is 0 Å². The lowest BCUT2D eigenvalue weighted by Gasteiger charge is -2.12. The van der Waals surface area contributed by atoms with Gasteiger partial charge in [-0.3, -0.25) is 0 Å². The van der Waals surface area contributed by atoms with Gasteiger partial charge in [0.25, 0.3) is 0 Å². The van der Waals surface area contributed by atoms with Crippen LogP contribution >= 0.6 is 11.6 Å². The van der Waals surface area contributed by atoms with E-state index in [2.05, 4.69) is 12.2 Å². The predicted molar refractivity (Wildman–Crippen MR) is 67.3 cm³/mol. The zero-order valence-electron chi connectivity index (χ0n) is 10.00. The Morgan fingerprint density at radius 1 is 1.12 bits per heavy atom. The number of hydrogen-bond donors (Lipinski definition) is 1. The van der Waals surface area contributed by atoms with Gasteiger partial charge < -0.3 is 14.2 Å². The Balaban J connectivity index is 2.28. The maximum absolute atomic E-state index is 5.80. The lowest BCUT2D eigenvalue weighted by atomic mass is 10.1. The molecule has 0 amide bonds. The highest BCUT2D eigenvalue weighted by Crippen LogP contribution is 2.27. The summed E-state index contributed by atoms with van der Waals surface area (Å²) in [6.45, 7) is 4.93. The van der Waals surface area contributed by atoms with E-state index in [1.807, 2.05) is 25.1 Å². The molecule has 0 aromatic carbocycles. The Labute approximate surface area is 106 Å². The first-order valence-corrected chi connectivity index (χ1v) is 6.19. The average molecular weight is 254 g/mol. The van der Waals surface area contributed by atoms with Crippen LogP contribution in [0.4, 0.5) is 0 Å². The predicted octanol–water partition coefficient (Wildman–Crippen LogP) is 3.79. The van der Waals surface area contributed by atoms with E-state index in [4.69, 9.17) is 20.4 Å². The van der Waals surface area contributed by atoms with E-state index >= 15 is 0 Å². The van der Waals surface area contributed by atoms with Crippen LogP contribution in [-0.4, -0.2) is 6.54 Å². The molecule has 0 aliphatic rings. The monoisotopic (exact) mass is 253 g/mol. The Hall–Kier alpha value is -1.19. The van der Waals surface area contributed by atoms with Crippen LogP contribution in [0.2, 0.25) is 5.22 Å². The van der Waals surface area contributed by atoms with Crippen molar-refractivity contribution in [3.8, 4) is 0 Å². The van der Waals surface area contributed by atoms with E-state index in [9.17, 15) is 0 Å².